The molecule has 0 saturated carbocycles. The molecule has 0 radical (unpaired) electrons. The number of benzene rings is 2. The minimum atomic E-state index is -0.865. The lowest BCUT2D eigenvalue weighted by Crippen LogP contribution is -2.32. The van der Waals surface area contributed by atoms with Gasteiger partial charge < -0.3 is 14.8 Å². The molecule has 2 N–H and O–H groups in total. The lowest BCUT2D eigenvalue weighted by atomic mass is 10.2. The molecular weight excluding hydrogens is 310 g/mol. The molecule has 2 aromatic carbocycles. The summed E-state index contributed by atoms with van der Waals surface area (Å²) >= 11 is 0. The molecule has 0 aliphatic carbocycles. The van der Waals surface area contributed by atoms with Gasteiger partial charge in [-0.1, -0.05) is 0 Å². The standard InChI is InChI=1S/C17H17N3O4/c1-23-14-7-3-12(4-8-14)11-18-20-17(22)16(21)19-13-5-9-15(24-2)10-6-13/h3-11H,1-2H3,(H,19,21)(H,20,22)/b18-11+. The molecule has 124 valence electrons. The van der Waals surface area contributed by atoms with Gasteiger partial charge in [0.15, 0.2) is 0 Å². The van der Waals surface area contributed by atoms with Crippen molar-refractivity contribution in [3.63, 3.8) is 0 Å². The van der Waals surface area contributed by atoms with Crippen LogP contribution in [-0.2, 0) is 9.59 Å². The Morgan fingerprint density at radius 2 is 1.42 bits per heavy atom. The van der Waals surface area contributed by atoms with E-state index in [4.69, 9.17) is 9.47 Å². The third-order valence-corrected chi connectivity index (χ3v) is 3.05. The lowest BCUT2D eigenvalue weighted by molar-refractivity contribution is -0.136. The Balaban J connectivity index is 1.86. The zero-order chi connectivity index (χ0) is 17.4. The summed E-state index contributed by atoms with van der Waals surface area (Å²) < 4.78 is 10.1. The van der Waals surface area contributed by atoms with Crippen molar-refractivity contribution in [2.45, 2.75) is 0 Å². The fraction of sp³-hybridized carbons (Fsp3) is 0.118. The van der Waals surface area contributed by atoms with E-state index in [9.17, 15) is 9.59 Å². The Morgan fingerprint density at radius 1 is 0.875 bits per heavy atom. The summed E-state index contributed by atoms with van der Waals surface area (Å²) in [6.07, 6.45) is 1.43. The van der Waals surface area contributed by atoms with Crippen molar-refractivity contribution < 1.29 is 19.1 Å². The number of hydrogen-bond donors (Lipinski definition) is 2. The number of hydrazone groups is 1. The van der Waals surface area contributed by atoms with Crippen molar-refractivity contribution in [3.05, 3.63) is 54.1 Å². The topological polar surface area (TPSA) is 89.0 Å². The van der Waals surface area contributed by atoms with Gasteiger partial charge in [0.1, 0.15) is 11.5 Å². The monoisotopic (exact) mass is 327 g/mol. The van der Waals surface area contributed by atoms with Crippen molar-refractivity contribution in [1.82, 2.24) is 5.43 Å². The van der Waals surface area contributed by atoms with E-state index in [-0.39, 0.29) is 0 Å². The molecule has 0 unspecified atom stereocenters. The average Bonchev–Trinajstić information content (AvgIpc) is 2.62. The second kappa shape index (κ2) is 8.33. The van der Waals surface area contributed by atoms with Crippen LogP contribution in [-0.4, -0.2) is 32.2 Å². The van der Waals surface area contributed by atoms with E-state index in [1.807, 2.05) is 0 Å². The van der Waals surface area contributed by atoms with Crippen LogP contribution in [0.2, 0.25) is 0 Å². The molecular formula is C17H17N3O4. The maximum atomic E-state index is 11.7. The number of amides is 2. The number of carbonyl (C=O) groups excluding carboxylic acids is 2. The number of hydrogen-bond acceptors (Lipinski definition) is 5. The van der Waals surface area contributed by atoms with Gasteiger partial charge in [0.05, 0.1) is 20.4 Å². The van der Waals surface area contributed by atoms with Gasteiger partial charge in [-0.2, -0.15) is 5.10 Å². The van der Waals surface area contributed by atoms with Gasteiger partial charge in [-0.25, -0.2) is 5.43 Å². The smallest absolute Gasteiger partial charge is 0.329 e. The van der Waals surface area contributed by atoms with Gasteiger partial charge >= 0.3 is 11.8 Å². The molecule has 0 saturated heterocycles. The summed E-state index contributed by atoms with van der Waals surface area (Å²) in [4.78, 5) is 23.4. The number of nitrogens with zero attached hydrogens (tertiary/aromatic N) is 1. The Hall–Kier alpha value is -3.35. The van der Waals surface area contributed by atoms with E-state index in [0.717, 1.165) is 11.3 Å². The maximum Gasteiger partial charge on any atom is 0.329 e. The fourth-order valence-electron chi connectivity index (χ4n) is 1.77. The zero-order valence-electron chi connectivity index (χ0n) is 13.3. The number of ether oxygens (including phenoxy) is 2. The first-order valence-electron chi connectivity index (χ1n) is 7.05. The van der Waals surface area contributed by atoms with Crippen LogP contribution in [0.3, 0.4) is 0 Å². The molecule has 0 aliphatic heterocycles. The first kappa shape index (κ1) is 17.0. The molecule has 0 fully saturated rings. The molecule has 2 amide bonds. The SMILES string of the molecule is COc1ccc(/C=N/NC(=O)C(=O)Nc2ccc(OC)cc2)cc1. The van der Waals surface area contributed by atoms with E-state index in [1.54, 1.807) is 62.8 Å². The van der Waals surface area contributed by atoms with E-state index in [1.165, 1.54) is 6.21 Å². The van der Waals surface area contributed by atoms with Gasteiger partial charge in [-0.15, -0.1) is 0 Å². The highest BCUT2D eigenvalue weighted by Crippen LogP contribution is 2.14. The molecule has 7 heteroatoms. The second-order valence-electron chi connectivity index (χ2n) is 4.65. The van der Waals surface area contributed by atoms with Crippen LogP contribution >= 0.6 is 0 Å². The highest BCUT2D eigenvalue weighted by atomic mass is 16.5. The molecule has 0 aromatic heterocycles. The van der Waals surface area contributed by atoms with Crippen LogP contribution in [0.5, 0.6) is 11.5 Å². The predicted molar refractivity (Wildman–Crippen MR) is 90.4 cm³/mol. The van der Waals surface area contributed by atoms with E-state index < -0.39 is 11.8 Å². The second-order valence-corrected chi connectivity index (χ2v) is 4.65. The fourth-order valence-corrected chi connectivity index (χ4v) is 1.77. The number of rotatable bonds is 5. The molecule has 0 atom stereocenters. The largest absolute Gasteiger partial charge is 0.497 e. The summed E-state index contributed by atoms with van der Waals surface area (Å²) in [5.41, 5.74) is 3.40. The predicted octanol–water partition coefficient (Wildman–Crippen LogP) is 1.79. The number of nitrogens with one attached hydrogen (secondary N) is 2. The van der Waals surface area contributed by atoms with Crippen molar-refractivity contribution in [2.75, 3.05) is 19.5 Å². The number of methoxy groups -OCH3 is 2. The third kappa shape index (κ3) is 4.84. The Morgan fingerprint density at radius 3 is 1.96 bits per heavy atom. The minimum Gasteiger partial charge on any atom is -0.497 e. The highest BCUT2D eigenvalue weighted by Gasteiger charge is 2.12. The molecule has 2 aromatic rings. The van der Waals surface area contributed by atoms with Gasteiger partial charge in [-0.05, 0) is 54.1 Å². The third-order valence-electron chi connectivity index (χ3n) is 3.05. The Kier molecular flexibility index (Phi) is 5.90. The first-order chi connectivity index (χ1) is 11.6. The van der Waals surface area contributed by atoms with Gasteiger partial charge in [0, 0.05) is 5.69 Å². The average molecular weight is 327 g/mol. The van der Waals surface area contributed by atoms with Crippen molar-refractivity contribution >= 4 is 23.7 Å². The van der Waals surface area contributed by atoms with Gasteiger partial charge in [-0.3, -0.25) is 9.59 Å². The molecule has 0 bridgehead atoms. The summed E-state index contributed by atoms with van der Waals surface area (Å²) in [6, 6.07) is 13.7. The normalized spacial score (nSPS) is 10.2. The van der Waals surface area contributed by atoms with Gasteiger partial charge in [0.25, 0.3) is 0 Å². The van der Waals surface area contributed by atoms with Crippen LogP contribution in [0.1, 0.15) is 5.56 Å². The van der Waals surface area contributed by atoms with E-state index in [2.05, 4.69) is 15.8 Å². The first-order valence-corrected chi connectivity index (χ1v) is 7.05. The highest BCUT2D eigenvalue weighted by molar-refractivity contribution is 6.39. The van der Waals surface area contributed by atoms with Crippen LogP contribution in [0.4, 0.5) is 5.69 Å². The molecule has 24 heavy (non-hydrogen) atoms. The Bertz CT molecular complexity index is 725. The summed E-state index contributed by atoms with van der Waals surface area (Å²) in [6.45, 7) is 0. The van der Waals surface area contributed by atoms with Crippen LogP contribution in [0, 0.1) is 0 Å². The van der Waals surface area contributed by atoms with Gasteiger partial charge in [0.2, 0.25) is 0 Å². The molecule has 0 heterocycles. The molecule has 0 spiro atoms. The molecule has 7 nitrogen and oxygen atoms in total. The van der Waals surface area contributed by atoms with Crippen molar-refractivity contribution in [3.8, 4) is 11.5 Å². The number of carbonyl (C=O) groups is 2. The summed E-state index contributed by atoms with van der Waals surface area (Å²) in [5.74, 6) is -0.306. The quantitative estimate of drug-likeness (QED) is 0.498. The molecule has 0 aliphatic rings. The lowest BCUT2D eigenvalue weighted by Gasteiger charge is -2.05. The van der Waals surface area contributed by atoms with Crippen molar-refractivity contribution in [2.24, 2.45) is 5.10 Å². The Labute approximate surface area is 139 Å². The van der Waals surface area contributed by atoms with Crippen LogP contribution < -0.4 is 20.2 Å². The number of anilines is 1. The van der Waals surface area contributed by atoms with Crippen molar-refractivity contribution in [1.29, 1.82) is 0 Å². The van der Waals surface area contributed by atoms with Crippen LogP contribution in [0.15, 0.2) is 53.6 Å². The zero-order valence-corrected chi connectivity index (χ0v) is 13.3. The maximum absolute atomic E-state index is 11.7. The van der Waals surface area contributed by atoms with Crippen LogP contribution in [0.25, 0.3) is 0 Å². The summed E-state index contributed by atoms with van der Waals surface area (Å²) in [7, 11) is 3.12. The molecule has 2 rings (SSSR count). The van der Waals surface area contributed by atoms with E-state index >= 15 is 0 Å². The minimum absolute atomic E-state index is 0.482. The van der Waals surface area contributed by atoms with E-state index in [0.29, 0.717) is 11.4 Å². The summed E-state index contributed by atoms with van der Waals surface area (Å²) in [5, 5.41) is 6.20.